The van der Waals surface area contributed by atoms with E-state index >= 15 is 0 Å². The number of amides is 1. The van der Waals surface area contributed by atoms with E-state index in [0.717, 1.165) is 23.5 Å². The molecule has 1 N–H and O–H groups in total. The van der Waals surface area contributed by atoms with Crippen LogP contribution in [0, 0.1) is 18.6 Å². The first-order chi connectivity index (χ1) is 12.9. The Morgan fingerprint density at radius 2 is 1.78 bits per heavy atom. The van der Waals surface area contributed by atoms with Gasteiger partial charge in [-0.1, -0.05) is 18.2 Å². The number of methoxy groups -OCH3 is 1. The minimum absolute atomic E-state index is 0.0497. The second kappa shape index (κ2) is 7.63. The lowest BCUT2D eigenvalue weighted by molar-refractivity contribution is 0.0600. The topological polar surface area (TPSA) is 68.3 Å². The molecule has 1 aromatic heterocycles. The summed E-state index contributed by atoms with van der Waals surface area (Å²) in [7, 11) is 1.29. The number of esters is 1. The third kappa shape index (κ3) is 3.85. The normalized spacial score (nSPS) is 10.5. The smallest absolute Gasteiger partial charge is 0.337 e. The highest BCUT2D eigenvalue weighted by Crippen LogP contribution is 2.31. The summed E-state index contributed by atoms with van der Waals surface area (Å²) >= 11 is 1.06. The average Bonchev–Trinajstić information content (AvgIpc) is 3.06. The van der Waals surface area contributed by atoms with Gasteiger partial charge in [-0.3, -0.25) is 4.79 Å². The zero-order valence-electron chi connectivity index (χ0n) is 14.4. The summed E-state index contributed by atoms with van der Waals surface area (Å²) in [5.41, 5.74) is 1.08. The van der Waals surface area contributed by atoms with E-state index in [9.17, 15) is 18.4 Å². The van der Waals surface area contributed by atoms with Gasteiger partial charge in [-0.2, -0.15) is 0 Å². The Bertz CT molecular complexity index is 1010. The molecule has 2 aromatic carbocycles. The van der Waals surface area contributed by atoms with Crippen LogP contribution in [-0.4, -0.2) is 24.0 Å². The summed E-state index contributed by atoms with van der Waals surface area (Å²) in [5, 5.41) is 2.26. The molecule has 1 heterocycles. The first kappa shape index (κ1) is 18.7. The van der Waals surface area contributed by atoms with Crippen molar-refractivity contribution < 1.29 is 23.1 Å². The zero-order valence-corrected chi connectivity index (χ0v) is 15.2. The fourth-order valence-electron chi connectivity index (χ4n) is 2.45. The Kier molecular flexibility index (Phi) is 5.27. The van der Waals surface area contributed by atoms with Crippen LogP contribution >= 0.6 is 11.3 Å². The zero-order chi connectivity index (χ0) is 19.6. The van der Waals surface area contributed by atoms with Gasteiger partial charge in [-0.05, 0) is 36.8 Å². The molecule has 0 radical (unpaired) electrons. The van der Waals surface area contributed by atoms with Crippen molar-refractivity contribution in [2.75, 3.05) is 12.4 Å². The number of para-hydroxylation sites is 1. The molecule has 3 aromatic rings. The molecule has 0 aliphatic rings. The van der Waals surface area contributed by atoms with E-state index in [1.807, 2.05) is 0 Å². The monoisotopic (exact) mass is 388 g/mol. The summed E-state index contributed by atoms with van der Waals surface area (Å²) in [6, 6.07) is 10.0. The molecule has 8 heteroatoms. The van der Waals surface area contributed by atoms with Gasteiger partial charge in [0.2, 0.25) is 0 Å². The molecule has 0 fully saturated rings. The van der Waals surface area contributed by atoms with E-state index in [2.05, 4.69) is 10.3 Å². The lowest BCUT2D eigenvalue weighted by Gasteiger charge is -2.05. The van der Waals surface area contributed by atoms with E-state index in [1.54, 1.807) is 31.2 Å². The molecule has 0 bridgehead atoms. The van der Waals surface area contributed by atoms with Crippen LogP contribution in [0.1, 0.15) is 25.9 Å². The number of carbonyl (C=O) groups is 2. The SMILES string of the molecule is COC(=O)c1cccc(-c2sc(C(=O)Nc3c(F)cccc3F)nc2C)c1. The number of nitrogens with one attached hydrogen (secondary N) is 1. The number of hydrogen-bond donors (Lipinski definition) is 1. The predicted octanol–water partition coefficient (Wildman–Crippen LogP) is 4.44. The Balaban J connectivity index is 1.91. The van der Waals surface area contributed by atoms with Gasteiger partial charge in [0.1, 0.15) is 17.3 Å². The number of benzene rings is 2. The maximum Gasteiger partial charge on any atom is 0.337 e. The fourth-order valence-corrected chi connectivity index (χ4v) is 3.41. The number of ether oxygens (including phenoxy) is 1. The van der Waals surface area contributed by atoms with Crippen molar-refractivity contribution >= 4 is 28.9 Å². The fraction of sp³-hybridized carbons (Fsp3) is 0.105. The molecule has 27 heavy (non-hydrogen) atoms. The minimum atomic E-state index is -0.873. The molecule has 0 aliphatic heterocycles. The number of halogens is 2. The third-order valence-corrected chi connectivity index (χ3v) is 4.94. The molecule has 0 spiro atoms. The molecule has 0 saturated carbocycles. The molecular formula is C19H14F2N2O3S. The van der Waals surface area contributed by atoms with Crippen LogP contribution in [0.25, 0.3) is 10.4 Å². The van der Waals surface area contributed by atoms with Crippen LogP contribution in [-0.2, 0) is 4.74 Å². The molecule has 0 atom stereocenters. The highest BCUT2D eigenvalue weighted by atomic mass is 32.1. The maximum atomic E-state index is 13.7. The van der Waals surface area contributed by atoms with Gasteiger partial charge in [0.25, 0.3) is 5.91 Å². The number of anilines is 1. The lowest BCUT2D eigenvalue weighted by atomic mass is 10.1. The summed E-state index contributed by atoms with van der Waals surface area (Å²) in [4.78, 5) is 28.9. The highest BCUT2D eigenvalue weighted by Gasteiger charge is 2.19. The molecule has 0 aliphatic carbocycles. The standard InChI is InChI=1S/C19H14F2N2O3S/c1-10-16(11-5-3-6-12(9-11)19(25)26-2)27-18(22-10)17(24)23-15-13(20)7-4-8-14(15)21/h3-9H,1-2H3,(H,23,24). The van der Waals surface area contributed by atoms with Crippen molar-refractivity contribution in [2.45, 2.75) is 6.92 Å². The van der Waals surface area contributed by atoms with E-state index in [0.29, 0.717) is 21.7 Å². The number of aryl methyl sites for hydroxylation is 1. The van der Waals surface area contributed by atoms with Gasteiger partial charge in [0.05, 0.1) is 23.2 Å². The van der Waals surface area contributed by atoms with E-state index in [4.69, 9.17) is 4.74 Å². The Morgan fingerprint density at radius 1 is 1.11 bits per heavy atom. The average molecular weight is 388 g/mol. The number of aromatic nitrogens is 1. The Hall–Kier alpha value is -3.13. The van der Waals surface area contributed by atoms with Crippen LogP contribution in [0.2, 0.25) is 0 Å². The second-order valence-electron chi connectivity index (χ2n) is 5.56. The molecule has 0 unspecified atom stereocenters. The molecule has 138 valence electrons. The van der Waals surface area contributed by atoms with Gasteiger partial charge in [-0.15, -0.1) is 11.3 Å². The van der Waals surface area contributed by atoms with Crippen LogP contribution in [0.15, 0.2) is 42.5 Å². The quantitative estimate of drug-likeness (QED) is 0.671. The lowest BCUT2D eigenvalue weighted by Crippen LogP contribution is -2.14. The van der Waals surface area contributed by atoms with Crippen LogP contribution in [0.4, 0.5) is 14.5 Å². The molecule has 5 nitrogen and oxygen atoms in total. The van der Waals surface area contributed by atoms with Crippen molar-refractivity contribution in [3.05, 3.63) is 70.4 Å². The van der Waals surface area contributed by atoms with Crippen LogP contribution < -0.4 is 5.32 Å². The Morgan fingerprint density at radius 3 is 2.44 bits per heavy atom. The number of carbonyl (C=O) groups excluding carboxylic acids is 2. The largest absolute Gasteiger partial charge is 0.465 e. The molecular weight excluding hydrogens is 374 g/mol. The summed E-state index contributed by atoms with van der Waals surface area (Å²) < 4.78 is 32.1. The van der Waals surface area contributed by atoms with Gasteiger partial charge < -0.3 is 10.1 Å². The van der Waals surface area contributed by atoms with Crippen LogP contribution in [0.5, 0.6) is 0 Å². The molecule has 1 amide bonds. The Labute approximate surface area is 157 Å². The molecule has 3 rings (SSSR count). The number of thiazole rings is 1. The van der Waals surface area contributed by atoms with E-state index in [-0.39, 0.29) is 5.01 Å². The maximum absolute atomic E-state index is 13.7. The summed E-state index contributed by atoms with van der Waals surface area (Å²) in [5.74, 6) is -2.94. The summed E-state index contributed by atoms with van der Waals surface area (Å²) in [6.07, 6.45) is 0. The molecule has 0 saturated heterocycles. The number of rotatable bonds is 4. The first-order valence-corrected chi connectivity index (χ1v) is 8.64. The number of nitrogens with zero attached hydrogens (tertiary/aromatic N) is 1. The summed E-state index contributed by atoms with van der Waals surface area (Å²) in [6.45, 7) is 1.71. The van der Waals surface area contributed by atoms with Crippen LogP contribution in [0.3, 0.4) is 0 Å². The van der Waals surface area contributed by atoms with Gasteiger partial charge in [-0.25, -0.2) is 18.6 Å². The predicted molar refractivity (Wildman–Crippen MR) is 97.9 cm³/mol. The minimum Gasteiger partial charge on any atom is -0.465 e. The van der Waals surface area contributed by atoms with Gasteiger partial charge in [0.15, 0.2) is 5.01 Å². The van der Waals surface area contributed by atoms with Crippen molar-refractivity contribution in [3.8, 4) is 10.4 Å². The van der Waals surface area contributed by atoms with E-state index < -0.39 is 29.2 Å². The van der Waals surface area contributed by atoms with Crippen molar-refractivity contribution in [1.82, 2.24) is 4.98 Å². The van der Waals surface area contributed by atoms with Crippen molar-refractivity contribution in [1.29, 1.82) is 0 Å². The van der Waals surface area contributed by atoms with Gasteiger partial charge >= 0.3 is 5.97 Å². The first-order valence-electron chi connectivity index (χ1n) is 7.82. The third-order valence-electron chi connectivity index (χ3n) is 3.74. The van der Waals surface area contributed by atoms with E-state index in [1.165, 1.54) is 13.2 Å². The highest BCUT2D eigenvalue weighted by molar-refractivity contribution is 7.17. The number of hydrogen-bond acceptors (Lipinski definition) is 5. The second-order valence-corrected chi connectivity index (χ2v) is 6.56. The van der Waals surface area contributed by atoms with Crippen molar-refractivity contribution in [3.63, 3.8) is 0 Å². The van der Waals surface area contributed by atoms with Gasteiger partial charge in [0, 0.05) is 0 Å². The van der Waals surface area contributed by atoms with Crippen molar-refractivity contribution in [2.24, 2.45) is 0 Å².